The minimum absolute atomic E-state index is 0.116. The van der Waals surface area contributed by atoms with E-state index in [0.29, 0.717) is 12.2 Å². The Balaban J connectivity index is 1.59. The predicted octanol–water partition coefficient (Wildman–Crippen LogP) is 5.74. The van der Waals surface area contributed by atoms with Crippen molar-refractivity contribution in [3.05, 3.63) is 47.5 Å². The molecular weight excluding hydrogens is 618 g/mol. The molecule has 2 aliphatic carbocycles. The van der Waals surface area contributed by atoms with E-state index in [1.165, 1.54) is 25.3 Å². The number of benzene rings is 1. The molecule has 1 heterocycles. The highest BCUT2D eigenvalue weighted by molar-refractivity contribution is 6.01. The second kappa shape index (κ2) is 17.1. The molecule has 2 fully saturated rings. The number of nitrogens with zero attached hydrogens (tertiary/aromatic N) is 2. The van der Waals surface area contributed by atoms with Crippen LogP contribution in [0.1, 0.15) is 100 Å². The van der Waals surface area contributed by atoms with Crippen molar-refractivity contribution in [3.63, 3.8) is 0 Å². The number of carbonyl (C=O) groups excluding carboxylic acids is 3. The molecule has 1 aromatic heterocycles. The van der Waals surface area contributed by atoms with Crippen LogP contribution in [0.25, 0.3) is 0 Å². The summed E-state index contributed by atoms with van der Waals surface area (Å²) < 4.78 is 57.4. The maximum atomic E-state index is 15.5. The number of aliphatic hydroxyl groups is 1. The fourth-order valence-electron chi connectivity index (χ4n) is 7.27. The van der Waals surface area contributed by atoms with Crippen LogP contribution in [-0.4, -0.2) is 63.9 Å². The van der Waals surface area contributed by atoms with Crippen molar-refractivity contribution < 1.29 is 37.1 Å². The molecule has 9 nitrogen and oxygen atoms in total. The lowest BCUT2D eigenvalue weighted by atomic mass is 9.66. The summed E-state index contributed by atoms with van der Waals surface area (Å²) in [5, 5.41) is 20.7. The van der Waals surface area contributed by atoms with E-state index in [1.54, 1.807) is 10.7 Å². The van der Waals surface area contributed by atoms with E-state index in [2.05, 4.69) is 15.7 Å². The number of halogens is 4. The molecule has 0 aliphatic heterocycles. The van der Waals surface area contributed by atoms with Crippen LogP contribution in [0.5, 0.6) is 0 Å². The maximum Gasteiger partial charge on any atom is 0.270 e. The Morgan fingerprint density at radius 1 is 0.936 bits per heavy atom. The standard InChI is InChI=1S/C34H47F4N5O4/c1-3-43-27(16-17-39-43)33(46)42-30(28(21-10-6-4-7-11-21)22-12-8-5-9-13-22)34(47)40-26-15-14-23(18-24(26)35)20(2)32(45)41-29(31(37)38)25(36)19-44/h14-18,20-22,25,28-31,44H,3-13,19H2,1-2H3,(H,40,47)(H,41,45)(H,42,46)/t20-,25?,29?,30-/m0/s1. The Morgan fingerprint density at radius 2 is 1.55 bits per heavy atom. The molecule has 2 saturated carbocycles. The summed E-state index contributed by atoms with van der Waals surface area (Å²) in [6.45, 7) is 2.48. The Morgan fingerprint density at radius 3 is 2.09 bits per heavy atom. The van der Waals surface area contributed by atoms with Crippen molar-refractivity contribution in [1.29, 1.82) is 0 Å². The second-order valence-corrected chi connectivity index (χ2v) is 12.9. The van der Waals surface area contributed by atoms with Gasteiger partial charge < -0.3 is 21.1 Å². The molecule has 0 bridgehead atoms. The molecule has 4 rings (SSSR count). The maximum absolute atomic E-state index is 15.5. The second-order valence-electron chi connectivity index (χ2n) is 12.9. The van der Waals surface area contributed by atoms with Gasteiger partial charge in [-0.05, 0) is 55.4 Å². The third-order valence-corrected chi connectivity index (χ3v) is 9.88. The van der Waals surface area contributed by atoms with E-state index in [-0.39, 0.29) is 29.0 Å². The van der Waals surface area contributed by atoms with Crippen LogP contribution in [-0.2, 0) is 16.1 Å². The van der Waals surface area contributed by atoms with E-state index in [1.807, 2.05) is 12.2 Å². The Labute approximate surface area is 273 Å². The third kappa shape index (κ3) is 9.11. The van der Waals surface area contributed by atoms with Crippen LogP contribution in [0.3, 0.4) is 0 Å². The minimum atomic E-state index is -3.26. The number of hydrogen-bond acceptors (Lipinski definition) is 5. The molecule has 0 radical (unpaired) electrons. The van der Waals surface area contributed by atoms with Gasteiger partial charge in [-0.3, -0.25) is 19.1 Å². The molecule has 3 amide bonds. The zero-order valence-electron chi connectivity index (χ0n) is 27.1. The van der Waals surface area contributed by atoms with Crippen LogP contribution >= 0.6 is 0 Å². The molecule has 13 heteroatoms. The number of anilines is 1. The van der Waals surface area contributed by atoms with Gasteiger partial charge in [0.25, 0.3) is 12.3 Å². The molecule has 4 atom stereocenters. The third-order valence-electron chi connectivity index (χ3n) is 9.88. The molecule has 2 unspecified atom stereocenters. The Hall–Kier alpha value is -3.48. The van der Waals surface area contributed by atoms with Gasteiger partial charge in [0.05, 0.1) is 18.2 Å². The van der Waals surface area contributed by atoms with Crippen LogP contribution in [0, 0.1) is 23.6 Å². The van der Waals surface area contributed by atoms with E-state index >= 15 is 4.39 Å². The predicted molar refractivity (Wildman–Crippen MR) is 169 cm³/mol. The van der Waals surface area contributed by atoms with Gasteiger partial charge in [-0.25, -0.2) is 17.6 Å². The largest absolute Gasteiger partial charge is 0.393 e. The fraction of sp³-hybridized carbons (Fsp3) is 0.647. The summed E-state index contributed by atoms with van der Waals surface area (Å²) in [7, 11) is 0. The number of nitrogens with one attached hydrogen (secondary N) is 3. The quantitative estimate of drug-likeness (QED) is 0.192. The topological polar surface area (TPSA) is 125 Å². The van der Waals surface area contributed by atoms with Crippen molar-refractivity contribution in [1.82, 2.24) is 20.4 Å². The summed E-state index contributed by atoms with van der Waals surface area (Å²) >= 11 is 0. The number of aromatic nitrogens is 2. The molecule has 2 aliphatic rings. The van der Waals surface area contributed by atoms with Gasteiger partial charge in [0, 0.05) is 12.7 Å². The van der Waals surface area contributed by atoms with Crippen molar-refractivity contribution in [2.45, 2.75) is 115 Å². The van der Waals surface area contributed by atoms with Crippen molar-refractivity contribution in [2.75, 3.05) is 11.9 Å². The summed E-state index contributed by atoms with van der Waals surface area (Å²) in [5.74, 6) is -3.66. The van der Waals surface area contributed by atoms with E-state index in [9.17, 15) is 27.6 Å². The smallest absolute Gasteiger partial charge is 0.270 e. The number of amides is 3. The summed E-state index contributed by atoms with van der Waals surface area (Å²) in [5.41, 5.74) is 0.279. The number of carbonyl (C=O) groups is 3. The van der Waals surface area contributed by atoms with Crippen LogP contribution in [0.2, 0.25) is 0 Å². The van der Waals surface area contributed by atoms with Crippen LogP contribution in [0.4, 0.5) is 23.2 Å². The highest BCUT2D eigenvalue weighted by Gasteiger charge is 2.42. The molecule has 0 saturated heterocycles. The molecule has 1 aromatic carbocycles. The lowest BCUT2D eigenvalue weighted by molar-refractivity contribution is -0.125. The fourth-order valence-corrected chi connectivity index (χ4v) is 7.27. The van der Waals surface area contributed by atoms with E-state index in [0.717, 1.165) is 70.3 Å². The average molecular weight is 666 g/mol. The van der Waals surface area contributed by atoms with Gasteiger partial charge in [0.15, 0.2) is 0 Å². The highest BCUT2D eigenvalue weighted by Crippen LogP contribution is 2.42. The number of aliphatic hydroxyl groups excluding tert-OH is 1. The number of alkyl halides is 3. The van der Waals surface area contributed by atoms with E-state index < -0.39 is 60.7 Å². The average Bonchev–Trinajstić information content (AvgIpc) is 3.57. The van der Waals surface area contributed by atoms with Crippen molar-refractivity contribution >= 4 is 23.4 Å². The molecular formula is C34H47F4N5O4. The first kappa shape index (κ1) is 36.4. The van der Waals surface area contributed by atoms with Gasteiger partial charge in [-0.2, -0.15) is 5.10 Å². The number of aryl methyl sites for hydroxylation is 1. The number of hydrogen-bond donors (Lipinski definition) is 4. The molecule has 47 heavy (non-hydrogen) atoms. The van der Waals surface area contributed by atoms with Gasteiger partial charge in [-0.15, -0.1) is 0 Å². The Kier molecular flexibility index (Phi) is 13.2. The van der Waals surface area contributed by atoms with E-state index in [4.69, 9.17) is 5.11 Å². The molecule has 260 valence electrons. The summed E-state index contributed by atoms with van der Waals surface area (Å²) in [4.78, 5) is 40.4. The zero-order chi connectivity index (χ0) is 34.1. The normalized spacial score (nSPS) is 18.8. The minimum Gasteiger partial charge on any atom is -0.393 e. The summed E-state index contributed by atoms with van der Waals surface area (Å²) in [6, 6.07) is 2.12. The lowest BCUT2D eigenvalue weighted by Crippen LogP contribution is -2.53. The first-order valence-corrected chi connectivity index (χ1v) is 16.8. The van der Waals surface area contributed by atoms with Crippen molar-refractivity contribution in [2.24, 2.45) is 17.8 Å². The molecule has 4 N–H and O–H groups in total. The summed E-state index contributed by atoms with van der Waals surface area (Å²) in [6.07, 6.45) is 6.13. The zero-order valence-corrected chi connectivity index (χ0v) is 27.1. The Bertz CT molecular complexity index is 1330. The SMILES string of the molecule is CCn1nccc1C(=O)N[C@H](C(=O)Nc1ccc([C@H](C)C(=O)NC(C(F)F)C(F)CO)cc1F)C(C1CCCCC1)C1CCCCC1. The van der Waals surface area contributed by atoms with Gasteiger partial charge >= 0.3 is 0 Å². The molecule has 0 spiro atoms. The lowest BCUT2D eigenvalue weighted by Gasteiger charge is -2.42. The van der Waals surface area contributed by atoms with Crippen LogP contribution < -0.4 is 16.0 Å². The van der Waals surface area contributed by atoms with Gasteiger partial charge in [0.2, 0.25) is 11.8 Å². The van der Waals surface area contributed by atoms with Gasteiger partial charge in [-0.1, -0.05) is 70.3 Å². The first-order valence-electron chi connectivity index (χ1n) is 16.8. The van der Waals surface area contributed by atoms with Gasteiger partial charge in [0.1, 0.15) is 29.8 Å². The van der Waals surface area contributed by atoms with Crippen LogP contribution in [0.15, 0.2) is 30.5 Å². The van der Waals surface area contributed by atoms with Crippen molar-refractivity contribution in [3.8, 4) is 0 Å². The monoisotopic (exact) mass is 665 g/mol. The number of rotatable bonds is 14. The molecule has 2 aromatic rings. The highest BCUT2D eigenvalue weighted by atomic mass is 19.3. The first-order chi connectivity index (χ1) is 22.5.